The third kappa shape index (κ3) is 9.45. The number of hydrogen-bond acceptors (Lipinski definition) is 6. The van der Waals surface area contributed by atoms with Gasteiger partial charge in [0.25, 0.3) is 11.8 Å². The Labute approximate surface area is 215 Å². The molecule has 1 aliphatic rings. The Morgan fingerprint density at radius 3 is 2.13 bits per heavy atom. The number of nitrogens with zero attached hydrogens (tertiary/aromatic N) is 2. The van der Waals surface area contributed by atoms with Crippen molar-refractivity contribution in [2.45, 2.75) is 31.5 Å². The summed E-state index contributed by atoms with van der Waals surface area (Å²) in [6.07, 6.45) is -3.41. The van der Waals surface area contributed by atoms with Crippen molar-refractivity contribution >= 4 is 23.8 Å². The number of carboxylic acids is 2. The molecule has 1 unspecified atom stereocenters. The van der Waals surface area contributed by atoms with Gasteiger partial charge in [-0.05, 0) is 55.3 Å². The number of carbonyl (C=O) groups is 4. The van der Waals surface area contributed by atoms with Crippen molar-refractivity contribution in [3.05, 3.63) is 65.2 Å². The zero-order chi connectivity index (χ0) is 28.3. The molecule has 3 rings (SSSR count). The van der Waals surface area contributed by atoms with Crippen LogP contribution < -0.4 is 10.1 Å². The van der Waals surface area contributed by atoms with Crippen LogP contribution >= 0.6 is 0 Å². The predicted octanol–water partition coefficient (Wildman–Crippen LogP) is 3.08. The molecule has 38 heavy (non-hydrogen) atoms. The highest BCUT2D eigenvalue weighted by Gasteiger charge is 2.38. The van der Waals surface area contributed by atoms with Gasteiger partial charge < -0.3 is 25.2 Å². The van der Waals surface area contributed by atoms with Gasteiger partial charge in [-0.2, -0.15) is 18.4 Å². The standard InChI is InChI=1S/C23H23N3O5.C2HF3O2/c24-14-16-4-3-5-20(12-16)31-15-19(13-21(27)28)25-22(29)17-6-8-18(9-7-17)23(30)26-10-1-2-11-26;3-2(4,5)1(6)7/h3-9,12,19H,1-2,10-11,13,15H2,(H,25,29)(H,27,28);(H,6,7). The van der Waals surface area contributed by atoms with Gasteiger partial charge in [-0.1, -0.05) is 6.07 Å². The van der Waals surface area contributed by atoms with Crippen LogP contribution in [0.2, 0.25) is 0 Å². The van der Waals surface area contributed by atoms with Crippen LogP contribution in [0.15, 0.2) is 48.5 Å². The minimum Gasteiger partial charge on any atom is -0.491 e. The molecule has 2 aromatic rings. The lowest BCUT2D eigenvalue weighted by Gasteiger charge is -2.18. The monoisotopic (exact) mass is 535 g/mol. The van der Waals surface area contributed by atoms with Gasteiger partial charge >= 0.3 is 18.1 Å². The minimum absolute atomic E-state index is 0.0544. The van der Waals surface area contributed by atoms with E-state index in [1.165, 1.54) is 6.07 Å². The van der Waals surface area contributed by atoms with Gasteiger partial charge in [0.05, 0.1) is 24.1 Å². The van der Waals surface area contributed by atoms with E-state index in [-0.39, 0.29) is 18.9 Å². The summed E-state index contributed by atoms with van der Waals surface area (Å²) < 4.78 is 37.3. The van der Waals surface area contributed by atoms with E-state index in [0.29, 0.717) is 22.4 Å². The molecule has 13 heteroatoms. The number of ether oxygens (including phenoxy) is 1. The maximum absolute atomic E-state index is 12.6. The zero-order valence-electron chi connectivity index (χ0n) is 19.9. The number of amides is 2. The molecular weight excluding hydrogens is 511 g/mol. The lowest BCUT2D eigenvalue weighted by Crippen LogP contribution is -2.40. The molecule has 1 fully saturated rings. The molecule has 0 aromatic heterocycles. The molecule has 1 saturated heterocycles. The van der Waals surface area contributed by atoms with Crippen LogP contribution in [0.1, 0.15) is 45.5 Å². The average molecular weight is 535 g/mol. The van der Waals surface area contributed by atoms with Crippen molar-refractivity contribution in [2.24, 2.45) is 0 Å². The van der Waals surface area contributed by atoms with Crippen molar-refractivity contribution in [2.75, 3.05) is 19.7 Å². The number of carbonyl (C=O) groups excluding carboxylic acids is 2. The van der Waals surface area contributed by atoms with Crippen molar-refractivity contribution in [3.63, 3.8) is 0 Å². The van der Waals surface area contributed by atoms with Gasteiger partial charge in [0, 0.05) is 24.2 Å². The number of hydrogen-bond donors (Lipinski definition) is 3. The van der Waals surface area contributed by atoms with E-state index in [9.17, 15) is 27.6 Å². The lowest BCUT2D eigenvalue weighted by atomic mass is 10.1. The van der Waals surface area contributed by atoms with E-state index in [4.69, 9.17) is 25.0 Å². The molecule has 0 aliphatic carbocycles. The third-order valence-electron chi connectivity index (χ3n) is 5.20. The fourth-order valence-electron chi connectivity index (χ4n) is 3.35. The van der Waals surface area contributed by atoms with E-state index in [2.05, 4.69) is 5.32 Å². The second-order valence-electron chi connectivity index (χ2n) is 8.10. The molecule has 0 bridgehead atoms. The Bertz CT molecular complexity index is 1190. The molecule has 0 saturated carbocycles. The second-order valence-corrected chi connectivity index (χ2v) is 8.10. The number of alkyl halides is 3. The van der Waals surface area contributed by atoms with E-state index >= 15 is 0 Å². The molecule has 2 aromatic carbocycles. The highest BCUT2D eigenvalue weighted by Crippen LogP contribution is 2.16. The first kappa shape index (κ1) is 29.6. The van der Waals surface area contributed by atoms with E-state index in [0.717, 1.165) is 25.9 Å². The fraction of sp³-hybridized carbons (Fsp3) is 0.320. The van der Waals surface area contributed by atoms with Crippen LogP contribution in [0.25, 0.3) is 0 Å². The van der Waals surface area contributed by atoms with E-state index < -0.39 is 30.1 Å². The molecule has 202 valence electrons. The van der Waals surface area contributed by atoms with Crippen LogP contribution in [0.5, 0.6) is 5.75 Å². The molecule has 3 N–H and O–H groups in total. The molecule has 1 heterocycles. The molecular formula is C25H24F3N3O7. The second kappa shape index (κ2) is 13.6. The number of benzene rings is 2. The van der Waals surface area contributed by atoms with E-state index in [1.54, 1.807) is 47.4 Å². The Balaban J connectivity index is 0.000000638. The van der Waals surface area contributed by atoms with Crippen molar-refractivity contribution < 1.29 is 47.3 Å². The Morgan fingerprint density at radius 2 is 1.61 bits per heavy atom. The number of halogens is 3. The molecule has 1 aliphatic heterocycles. The summed E-state index contributed by atoms with van der Waals surface area (Å²) in [6, 6.07) is 14.0. The summed E-state index contributed by atoms with van der Waals surface area (Å²) in [7, 11) is 0. The summed E-state index contributed by atoms with van der Waals surface area (Å²) in [4.78, 5) is 46.9. The number of carboxylic acid groups (broad SMARTS) is 2. The van der Waals surface area contributed by atoms with Crippen molar-refractivity contribution in [3.8, 4) is 11.8 Å². The summed E-state index contributed by atoms with van der Waals surface area (Å²) in [5.74, 6) is -3.94. The first-order valence-corrected chi connectivity index (χ1v) is 11.3. The largest absolute Gasteiger partial charge is 0.491 e. The maximum atomic E-state index is 12.6. The van der Waals surface area contributed by atoms with Gasteiger partial charge in [0.2, 0.25) is 0 Å². The predicted molar refractivity (Wildman–Crippen MR) is 125 cm³/mol. The molecule has 2 amide bonds. The first-order valence-electron chi connectivity index (χ1n) is 11.3. The Morgan fingerprint density at radius 1 is 1.03 bits per heavy atom. The third-order valence-corrected chi connectivity index (χ3v) is 5.20. The van der Waals surface area contributed by atoms with Crippen molar-refractivity contribution in [1.29, 1.82) is 5.26 Å². The van der Waals surface area contributed by atoms with Crippen LogP contribution in [0.4, 0.5) is 13.2 Å². The van der Waals surface area contributed by atoms with Crippen molar-refractivity contribution in [1.82, 2.24) is 10.2 Å². The summed E-state index contributed by atoms with van der Waals surface area (Å²) >= 11 is 0. The highest BCUT2D eigenvalue weighted by molar-refractivity contribution is 5.98. The van der Waals surface area contributed by atoms with Crippen LogP contribution in [0, 0.1) is 11.3 Å². The first-order chi connectivity index (χ1) is 17.9. The van der Waals surface area contributed by atoms with Gasteiger partial charge in [-0.25, -0.2) is 4.79 Å². The van der Waals surface area contributed by atoms with Crippen LogP contribution in [-0.4, -0.2) is 70.8 Å². The average Bonchev–Trinajstić information content (AvgIpc) is 3.41. The summed E-state index contributed by atoms with van der Waals surface area (Å²) in [5, 5.41) is 27.9. The van der Waals surface area contributed by atoms with Gasteiger partial charge in [-0.15, -0.1) is 0 Å². The minimum atomic E-state index is -5.08. The lowest BCUT2D eigenvalue weighted by molar-refractivity contribution is -0.192. The molecule has 0 spiro atoms. The zero-order valence-corrected chi connectivity index (χ0v) is 19.9. The van der Waals surface area contributed by atoms with Gasteiger partial charge in [0.15, 0.2) is 0 Å². The Kier molecular flexibility index (Phi) is 10.6. The summed E-state index contributed by atoms with van der Waals surface area (Å²) in [6.45, 7) is 1.42. The fourth-order valence-corrected chi connectivity index (χ4v) is 3.35. The van der Waals surface area contributed by atoms with Gasteiger partial charge in [-0.3, -0.25) is 14.4 Å². The molecule has 0 radical (unpaired) electrons. The highest BCUT2D eigenvalue weighted by atomic mass is 19.4. The summed E-state index contributed by atoms with van der Waals surface area (Å²) in [5.41, 5.74) is 1.25. The van der Waals surface area contributed by atoms with Gasteiger partial charge in [0.1, 0.15) is 12.4 Å². The molecule has 1 atom stereocenters. The quantitative estimate of drug-likeness (QED) is 0.466. The number of aliphatic carboxylic acids is 2. The maximum Gasteiger partial charge on any atom is 0.490 e. The van der Waals surface area contributed by atoms with Crippen LogP contribution in [0.3, 0.4) is 0 Å². The van der Waals surface area contributed by atoms with Crippen LogP contribution in [-0.2, 0) is 9.59 Å². The SMILES string of the molecule is N#Cc1cccc(OCC(CC(=O)O)NC(=O)c2ccc(C(=O)N3CCCC3)cc2)c1.O=C(O)C(F)(F)F. The number of likely N-dealkylation sites (tertiary alicyclic amines) is 1. The van der Waals surface area contributed by atoms with E-state index in [1.807, 2.05) is 6.07 Å². The molecule has 10 nitrogen and oxygen atoms in total. The number of rotatable bonds is 8. The smallest absolute Gasteiger partial charge is 0.490 e. The number of nitrogens with one attached hydrogen (secondary N) is 1. The normalized spacial score (nSPS) is 13.4. The number of nitriles is 1. The topological polar surface area (TPSA) is 157 Å². The Hall–Kier alpha value is -4.60.